The van der Waals surface area contributed by atoms with E-state index in [0.29, 0.717) is 18.7 Å². The van der Waals surface area contributed by atoms with Crippen LogP contribution in [-0.4, -0.2) is 36.6 Å². The van der Waals surface area contributed by atoms with Crippen LogP contribution in [0.2, 0.25) is 0 Å². The van der Waals surface area contributed by atoms with Crippen molar-refractivity contribution in [1.29, 1.82) is 5.26 Å². The second-order valence-corrected chi connectivity index (χ2v) is 4.70. The first kappa shape index (κ1) is 13.0. The molecule has 0 N–H and O–H groups in total. The molecule has 1 aromatic carbocycles. The number of ether oxygens (including phenoxy) is 1. The number of nitriles is 1. The smallest absolute Gasteiger partial charge is 0.255 e. The Kier molecular flexibility index (Phi) is 3.94. The molecule has 2 rings (SSSR count). The van der Waals surface area contributed by atoms with Crippen molar-refractivity contribution in [2.24, 2.45) is 0 Å². The summed E-state index contributed by atoms with van der Waals surface area (Å²) in [6.45, 7) is 0.989. The zero-order valence-electron chi connectivity index (χ0n) is 9.40. The van der Waals surface area contributed by atoms with Crippen LogP contribution in [0.1, 0.15) is 10.4 Å². The highest BCUT2D eigenvalue weighted by atomic mass is 79.9. The summed E-state index contributed by atoms with van der Waals surface area (Å²) in [5, 5.41) is 8.96. The Balaban J connectivity index is 2.24. The highest BCUT2D eigenvalue weighted by Gasteiger charge is 2.28. The van der Waals surface area contributed by atoms with Gasteiger partial charge in [-0.05, 0) is 34.1 Å². The van der Waals surface area contributed by atoms with Crippen molar-refractivity contribution in [1.82, 2.24) is 4.90 Å². The standard InChI is InChI=1S/C12H10BrFN2O2/c13-10-5-8(1-2-11(10)14)12(17)16-3-4-18-7-9(16)6-15/h1-2,5,9H,3-4,7H2. The first-order valence-electron chi connectivity index (χ1n) is 5.37. The molecular formula is C12H10BrFN2O2. The summed E-state index contributed by atoms with van der Waals surface area (Å²) in [5.74, 6) is -0.712. The van der Waals surface area contributed by atoms with E-state index < -0.39 is 11.9 Å². The Morgan fingerprint density at radius 3 is 3.06 bits per heavy atom. The number of benzene rings is 1. The predicted octanol–water partition coefficient (Wildman–Crippen LogP) is 1.95. The fourth-order valence-corrected chi connectivity index (χ4v) is 2.13. The number of halogens is 2. The second kappa shape index (κ2) is 5.46. The highest BCUT2D eigenvalue weighted by Crippen LogP contribution is 2.19. The molecule has 94 valence electrons. The normalized spacial score (nSPS) is 19.4. The molecule has 6 heteroatoms. The Morgan fingerprint density at radius 2 is 2.39 bits per heavy atom. The Hall–Kier alpha value is -1.45. The van der Waals surface area contributed by atoms with Gasteiger partial charge in [0.2, 0.25) is 0 Å². The van der Waals surface area contributed by atoms with Crippen molar-refractivity contribution in [3.8, 4) is 6.07 Å². The molecule has 1 atom stereocenters. The van der Waals surface area contributed by atoms with Crippen molar-refractivity contribution < 1.29 is 13.9 Å². The van der Waals surface area contributed by atoms with Gasteiger partial charge in [0, 0.05) is 12.1 Å². The van der Waals surface area contributed by atoms with E-state index in [0.717, 1.165) is 0 Å². The number of nitrogens with zero attached hydrogens (tertiary/aromatic N) is 2. The maximum Gasteiger partial charge on any atom is 0.255 e. The maximum atomic E-state index is 13.1. The Morgan fingerprint density at radius 1 is 1.61 bits per heavy atom. The van der Waals surface area contributed by atoms with E-state index in [1.807, 2.05) is 6.07 Å². The minimum Gasteiger partial charge on any atom is -0.376 e. The van der Waals surface area contributed by atoms with Crippen LogP contribution < -0.4 is 0 Å². The number of hydrogen-bond acceptors (Lipinski definition) is 3. The molecule has 0 aliphatic carbocycles. The van der Waals surface area contributed by atoms with Gasteiger partial charge in [0.05, 0.1) is 23.8 Å². The lowest BCUT2D eigenvalue weighted by atomic mass is 10.1. The monoisotopic (exact) mass is 312 g/mol. The molecule has 4 nitrogen and oxygen atoms in total. The van der Waals surface area contributed by atoms with Crippen molar-refractivity contribution >= 4 is 21.8 Å². The molecule has 0 radical (unpaired) electrons. The molecule has 0 saturated carbocycles. The van der Waals surface area contributed by atoms with Crippen LogP contribution in [0, 0.1) is 17.1 Å². The average molecular weight is 313 g/mol. The van der Waals surface area contributed by atoms with Gasteiger partial charge < -0.3 is 9.64 Å². The van der Waals surface area contributed by atoms with Gasteiger partial charge in [-0.25, -0.2) is 4.39 Å². The number of carbonyl (C=O) groups is 1. The summed E-state index contributed by atoms with van der Waals surface area (Å²) in [5.41, 5.74) is 0.352. The molecule has 1 unspecified atom stereocenters. The zero-order chi connectivity index (χ0) is 13.1. The predicted molar refractivity (Wildman–Crippen MR) is 65.4 cm³/mol. The third kappa shape index (κ3) is 2.52. The molecule has 1 fully saturated rings. The van der Waals surface area contributed by atoms with Crippen molar-refractivity contribution in [3.63, 3.8) is 0 Å². The summed E-state index contributed by atoms with van der Waals surface area (Å²) in [6.07, 6.45) is 0. The van der Waals surface area contributed by atoms with E-state index in [1.165, 1.54) is 23.1 Å². The third-order valence-corrected chi connectivity index (χ3v) is 3.31. The Bertz CT molecular complexity index is 515. The van der Waals surface area contributed by atoms with Gasteiger partial charge >= 0.3 is 0 Å². The molecule has 1 heterocycles. The molecule has 1 aliphatic heterocycles. The van der Waals surface area contributed by atoms with Crippen molar-refractivity contribution in [2.45, 2.75) is 6.04 Å². The molecular weight excluding hydrogens is 303 g/mol. The molecule has 0 bridgehead atoms. The molecule has 18 heavy (non-hydrogen) atoms. The van der Waals surface area contributed by atoms with E-state index in [2.05, 4.69) is 15.9 Å². The summed E-state index contributed by atoms with van der Waals surface area (Å²) in [7, 11) is 0. The largest absolute Gasteiger partial charge is 0.376 e. The van der Waals surface area contributed by atoms with Gasteiger partial charge in [-0.15, -0.1) is 0 Å². The van der Waals surface area contributed by atoms with E-state index in [4.69, 9.17) is 10.00 Å². The number of carbonyl (C=O) groups excluding carboxylic acids is 1. The topological polar surface area (TPSA) is 53.3 Å². The van der Waals surface area contributed by atoms with Gasteiger partial charge in [-0.2, -0.15) is 5.26 Å². The minimum absolute atomic E-state index is 0.213. The van der Waals surface area contributed by atoms with E-state index in [9.17, 15) is 9.18 Å². The number of morpholine rings is 1. The molecule has 1 aromatic rings. The second-order valence-electron chi connectivity index (χ2n) is 3.85. The number of amides is 1. The lowest BCUT2D eigenvalue weighted by Crippen LogP contribution is -2.47. The minimum atomic E-state index is -0.588. The fourth-order valence-electron chi connectivity index (χ4n) is 1.75. The van der Waals surface area contributed by atoms with Gasteiger partial charge in [0.15, 0.2) is 0 Å². The average Bonchev–Trinajstić information content (AvgIpc) is 2.41. The zero-order valence-corrected chi connectivity index (χ0v) is 11.0. The first-order valence-corrected chi connectivity index (χ1v) is 6.16. The Labute approximate surface area is 112 Å². The third-order valence-electron chi connectivity index (χ3n) is 2.70. The van der Waals surface area contributed by atoms with E-state index >= 15 is 0 Å². The summed E-state index contributed by atoms with van der Waals surface area (Å²) < 4.78 is 18.5. The van der Waals surface area contributed by atoms with Crippen molar-refractivity contribution in [2.75, 3.05) is 19.8 Å². The van der Waals surface area contributed by atoms with Crippen LogP contribution in [0.4, 0.5) is 4.39 Å². The number of hydrogen-bond donors (Lipinski definition) is 0. The van der Waals surface area contributed by atoms with E-state index in [-0.39, 0.29) is 17.0 Å². The van der Waals surface area contributed by atoms with Gasteiger partial charge in [0.25, 0.3) is 5.91 Å². The van der Waals surface area contributed by atoms with E-state index in [1.54, 1.807) is 0 Å². The quantitative estimate of drug-likeness (QED) is 0.796. The SMILES string of the molecule is N#CC1COCCN1C(=O)c1ccc(F)c(Br)c1. The molecule has 1 amide bonds. The van der Waals surface area contributed by atoms with Crippen molar-refractivity contribution in [3.05, 3.63) is 34.1 Å². The fraction of sp³-hybridized carbons (Fsp3) is 0.333. The van der Waals surface area contributed by atoms with Crippen LogP contribution in [0.25, 0.3) is 0 Å². The summed E-state index contributed by atoms with van der Waals surface area (Å²) in [6, 6.07) is 5.49. The van der Waals surface area contributed by atoms with Crippen LogP contribution in [-0.2, 0) is 4.74 Å². The van der Waals surface area contributed by atoms with Crippen LogP contribution in [0.15, 0.2) is 22.7 Å². The van der Waals surface area contributed by atoms with Crippen LogP contribution in [0.3, 0.4) is 0 Å². The summed E-state index contributed by atoms with van der Waals surface area (Å²) in [4.78, 5) is 13.7. The molecule has 1 saturated heterocycles. The molecule has 0 aromatic heterocycles. The van der Waals surface area contributed by atoms with Gasteiger partial charge in [-0.1, -0.05) is 0 Å². The lowest BCUT2D eigenvalue weighted by Gasteiger charge is -2.31. The first-order chi connectivity index (χ1) is 8.63. The van der Waals surface area contributed by atoms with Gasteiger partial charge in [-0.3, -0.25) is 4.79 Å². The number of rotatable bonds is 1. The van der Waals surface area contributed by atoms with Crippen LogP contribution >= 0.6 is 15.9 Å². The highest BCUT2D eigenvalue weighted by molar-refractivity contribution is 9.10. The maximum absolute atomic E-state index is 13.1. The molecule has 0 spiro atoms. The lowest BCUT2D eigenvalue weighted by molar-refractivity contribution is 0.0132. The van der Waals surface area contributed by atoms with Gasteiger partial charge in [0.1, 0.15) is 11.9 Å². The van der Waals surface area contributed by atoms with Crippen LogP contribution in [0.5, 0.6) is 0 Å². The molecule has 1 aliphatic rings. The summed E-state index contributed by atoms with van der Waals surface area (Å²) >= 11 is 3.04.